The number of imidazole rings is 1. The molecule has 1 saturated carbocycles. The Bertz CT molecular complexity index is 1100. The minimum atomic E-state index is -0.116. The first kappa shape index (κ1) is 21.1. The van der Waals surface area contributed by atoms with Crippen LogP contribution in [0.4, 0.5) is 5.69 Å². The van der Waals surface area contributed by atoms with Crippen LogP contribution in [0.1, 0.15) is 49.1 Å². The van der Waals surface area contributed by atoms with Crippen LogP contribution in [0.25, 0.3) is 11.0 Å². The molecule has 1 aliphatic rings. The summed E-state index contributed by atoms with van der Waals surface area (Å²) < 4.78 is 1.90. The van der Waals surface area contributed by atoms with E-state index in [1.165, 1.54) is 6.42 Å². The molecule has 0 spiro atoms. The Morgan fingerprint density at radius 3 is 2.61 bits per heavy atom. The van der Waals surface area contributed by atoms with Crippen molar-refractivity contribution >= 4 is 28.5 Å². The van der Waals surface area contributed by atoms with Crippen molar-refractivity contribution in [2.75, 3.05) is 5.32 Å². The minimum Gasteiger partial charge on any atom is -0.349 e. The molecule has 2 aromatic carbocycles. The number of amides is 2. The van der Waals surface area contributed by atoms with Crippen molar-refractivity contribution in [3.63, 3.8) is 0 Å². The van der Waals surface area contributed by atoms with Crippen LogP contribution in [0, 0.1) is 19.8 Å². The highest BCUT2D eigenvalue weighted by Gasteiger charge is 2.22. The van der Waals surface area contributed by atoms with Gasteiger partial charge in [0.05, 0.1) is 17.6 Å². The number of nitrogens with one attached hydrogen (secondary N) is 2. The van der Waals surface area contributed by atoms with Crippen molar-refractivity contribution in [2.24, 2.45) is 5.92 Å². The van der Waals surface area contributed by atoms with Crippen LogP contribution in [0.15, 0.2) is 42.5 Å². The molecule has 0 radical (unpaired) electrons. The molecule has 3 aromatic rings. The number of rotatable bonds is 6. The van der Waals surface area contributed by atoms with E-state index in [0.717, 1.165) is 53.5 Å². The molecule has 1 fully saturated rings. The van der Waals surface area contributed by atoms with E-state index in [-0.39, 0.29) is 24.3 Å². The van der Waals surface area contributed by atoms with Gasteiger partial charge in [-0.1, -0.05) is 49.1 Å². The Hall–Kier alpha value is -3.15. The number of hydrogen-bond donors (Lipinski definition) is 2. The van der Waals surface area contributed by atoms with Gasteiger partial charge in [-0.25, -0.2) is 4.98 Å². The van der Waals surface area contributed by atoms with Gasteiger partial charge in [0.1, 0.15) is 12.4 Å². The highest BCUT2D eigenvalue weighted by molar-refractivity contribution is 5.92. The van der Waals surface area contributed by atoms with Gasteiger partial charge in [0, 0.05) is 11.6 Å². The van der Waals surface area contributed by atoms with Gasteiger partial charge >= 0.3 is 0 Å². The molecule has 0 saturated heterocycles. The maximum Gasteiger partial charge on any atom is 0.244 e. The molecule has 0 unspecified atom stereocenters. The number of nitrogens with zero attached hydrogens (tertiary/aromatic N) is 2. The SMILES string of the molecule is Cc1ccc(NC(=O)Cn2c(CNC(=O)C3CCCCC3)nc3ccccc32)c(C)c1. The van der Waals surface area contributed by atoms with Crippen LogP contribution in [-0.4, -0.2) is 21.4 Å². The summed E-state index contributed by atoms with van der Waals surface area (Å²) in [5.41, 5.74) is 4.71. The molecule has 0 bridgehead atoms. The van der Waals surface area contributed by atoms with Crippen molar-refractivity contribution in [3.05, 3.63) is 59.4 Å². The van der Waals surface area contributed by atoms with Crippen molar-refractivity contribution < 1.29 is 9.59 Å². The molecule has 162 valence electrons. The number of anilines is 1. The van der Waals surface area contributed by atoms with Crippen molar-refractivity contribution in [2.45, 2.75) is 59.0 Å². The summed E-state index contributed by atoms with van der Waals surface area (Å²) in [6.45, 7) is 4.48. The smallest absolute Gasteiger partial charge is 0.244 e. The van der Waals surface area contributed by atoms with Gasteiger partial charge in [-0.2, -0.15) is 0 Å². The first-order chi connectivity index (χ1) is 15.0. The lowest BCUT2D eigenvalue weighted by Gasteiger charge is -2.20. The molecule has 0 atom stereocenters. The molecule has 2 N–H and O–H groups in total. The number of benzene rings is 2. The lowest BCUT2D eigenvalue weighted by molar-refractivity contribution is -0.126. The monoisotopic (exact) mass is 418 g/mol. The maximum atomic E-state index is 12.9. The summed E-state index contributed by atoms with van der Waals surface area (Å²) >= 11 is 0. The van der Waals surface area contributed by atoms with E-state index in [2.05, 4.69) is 21.7 Å². The lowest BCUT2D eigenvalue weighted by Crippen LogP contribution is -2.32. The second-order valence-electron chi connectivity index (χ2n) is 8.52. The maximum absolute atomic E-state index is 12.9. The normalized spacial score (nSPS) is 14.5. The Kier molecular flexibility index (Phi) is 6.35. The number of para-hydroxylation sites is 2. The predicted octanol–water partition coefficient (Wildman–Crippen LogP) is 4.49. The average molecular weight is 419 g/mol. The molecule has 6 nitrogen and oxygen atoms in total. The average Bonchev–Trinajstić information content (AvgIpc) is 3.12. The summed E-state index contributed by atoms with van der Waals surface area (Å²) in [4.78, 5) is 30.1. The number of carbonyl (C=O) groups is 2. The molecule has 1 heterocycles. The van der Waals surface area contributed by atoms with E-state index in [0.29, 0.717) is 12.4 Å². The van der Waals surface area contributed by atoms with E-state index < -0.39 is 0 Å². The zero-order valence-corrected chi connectivity index (χ0v) is 18.3. The highest BCUT2D eigenvalue weighted by atomic mass is 16.2. The fourth-order valence-electron chi connectivity index (χ4n) is 4.40. The number of aromatic nitrogens is 2. The topological polar surface area (TPSA) is 76.0 Å². The standard InChI is InChI=1S/C25H30N4O2/c1-17-12-13-20(18(2)14-17)28-24(30)16-29-22-11-7-6-10-21(22)27-23(29)15-26-25(31)19-8-4-3-5-9-19/h6-7,10-14,19H,3-5,8-9,15-16H2,1-2H3,(H,26,31)(H,28,30). The van der Waals surface area contributed by atoms with Gasteiger partial charge in [0.2, 0.25) is 11.8 Å². The summed E-state index contributed by atoms with van der Waals surface area (Å²) in [6, 6.07) is 13.7. The van der Waals surface area contributed by atoms with E-state index in [1.807, 2.05) is 54.8 Å². The van der Waals surface area contributed by atoms with Gasteiger partial charge in [-0.3, -0.25) is 9.59 Å². The van der Waals surface area contributed by atoms with E-state index in [4.69, 9.17) is 0 Å². The van der Waals surface area contributed by atoms with E-state index >= 15 is 0 Å². The first-order valence-corrected chi connectivity index (χ1v) is 11.1. The van der Waals surface area contributed by atoms with Gasteiger partial charge in [0.25, 0.3) is 0 Å². The molecule has 1 aliphatic carbocycles. The van der Waals surface area contributed by atoms with Crippen LogP contribution in [0.3, 0.4) is 0 Å². The Morgan fingerprint density at radius 2 is 1.84 bits per heavy atom. The molecule has 0 aliphatic heterocycles. The molecular formula is C25H30N4O2. The second-order valence-corrected chi connectivity index (χ2v) is 8.52. The predicted molar refractivity (Wildman–Crippen MR) is 123 cm³/mol. The first-order valence-electron chi connectivity index (χ1n) is 11.1. The van der Waals surface area contributed by atoms with Crippen molar-refractivity contribution in [1.29, 1.82) is 0 Å². The Balaban J connectivity index is 1.50. The molecule has 6 heteroatoms. The fourth-order valence-corrected chi connectivity index (χ4v) is 4.40. The zero-order chi connectivity index (χ0) is 21.8. The van der Waals surface area contributed by atoms with Crippen LogP contribution in [0.5, 0.6) is 0 Å². The second kappa shape index (κ2) is 9.33. The van der Waals surface area contributed by atoms with Crippen LogP contribution < -0.4 is 10.6 Å². The number of carbonyl (C=O) groups excluding carboxylic acids is 2. The van der Waals surface area contributed by atoms with Crippen LogP contribution >= 0.6 is 0 Å². The fraction of sp³-hybridized carbons (Fsp3) is 0.400. The number of fused-ring (bicyclic) bond motifs is 1. The summed E-state index contributed by atoms with van der Waals surface area (Å²) in [7, 11) is 0. The van der Waals surface area contributed by atoms with Gasteiger partial charge in [-0.05, 0) is 50.5 Å². The summed E-state index contributed by atoms with van der Waals surface area (Å²) in [6.07, 6.45) is 5.38. The number of aryl methyl sites for hydroxylation is 2. The quantitative estimate of drug-likeness (QED) is 0.619. The molecule has 31 heavy (non-hydrogen) atoms. The van der Waals surface area contributed by atoms with Crippen LogP contribution in [0.2, 0.25) is 0 Å². The van der Waals surface area contributed by atoms with Crippen molar-refractivity contribution in [1.82, 2.24) is 14.9 Å². The third-order valence-corrected chi connectivity index (χ3v) is 6.09. The van der Waals surface area contributed by atoms with Gasteiger partial charge in [-0.15, -0.1) is 0 Å². The number of hydrogen-bond acceptors (Lipinski definition) is 3. The third-order valence-electron chi connectivity index (χ3n) is 6.09. The zero-order valence-electron chi connectivity index (χ0n) is 18.3. The Morgan fingerprint density at radius 1 is 1.06 bits per heavy atom. The summed E-state index contributed by atoms with van der Waals surface area (Å²) in [5, 5.41) is 6.06. The van der Waals surface area contributed by atoms with E-state index in [1.54, 1.807) is 0 Å². The molecule has 4 rings (SSSR count). The minimum absolute atomic E-state index is 0.0954. The summed E-state index contributed by atoms with van der Waals surface area (Å²) in [5.74, 6) is 0.772. The third kappa shape index (κ3) is 4.95. The van der Waals surface area contributed by atoms with Crippen LogP contribution in [-0.2, 0) is 22.7 Å². The molecular weight excluding hydrogens is 388 g/mol. The lowest BCUT2D eigenvalue weighted by atomic mass is 9.89. The Labute approximate surface area is 183 Å². The van der Waals surface area contributed by atoms with Gasteiger partial charge in [0.15, 0.2) is 0 Å². The largest absolute Gasteiger partial charge is 0.349 e. The molecule has 1 aromatic heterocycles. The van der Waals surface area contributed by atoms with Gasteiger partial charge < -0.3 is 15.2 Å². The highest BCUT2D eigenvalue weighted by Crippen LogP contribution is 2.24. The van der Waals surface area contributed by atoms with Crippen molar-refractivity contribution in [3.8, 4) is 0 Å². The molecule has 2 amide bonds. The van der Waals surface area contributed by atoms with E-state index in [9.17, 15) is 9.59 Å².